The van der Waals surface area contributed by atoms with Crippen molar-refractivity contribution < 1.29 is 31.1 Å². The number of rotatable bonds is 7. The number of nitrogens with one attached hydrogen (secondary N) is 2. The van der Waals surface area contributed by atoms with Crippen molar-refractivity contribution in [3.63, 3.8) is 0 Å². The lowest BCUT2D eigenvalue weighted by molar-refractivity contribution is -0.154. The number of anilines is 4. The smallest absolute Gasteiger partial charge is 0.422 e. The number of aryl methyl sites for hydroxylation is 1. The van der Waals surface area contributed by atoms with Gasteiger partial charge in [-0.2, -0.15) is 41.3 Å². The molecular formula is C23H22F6N10O. The zero-order valence-corrected chi connectivity index (χ0v) is 20.8. The number of halogens is 6. The summed E-state index contributed by atoms with van der Waals surface area (Å²) in [5.74, 6) is 0.990. The molecule has 0 unspecified atom stereocenters. The van der Waals surface area contributed by atoms with Gasteiger partial charge in [-0.15, -0.1) is 10.2 Å². The second-order valence-electron chi connectivity index (χ2n) is 9.03. The Morgan fingerprint density at radius 3 is 2.45 bits per heavy atom. The van der Waals surface area contributed by atoms with Crippen LogP contribution >= 0.6 is 0 Å². The molecule has 1 aliphatic rings. The number of benzene rings is 1. The van der Waals surface area contributed by atoms with Crippen molar-refractivity contribution in [1.82, 2.24) is 34.5 Å². The second-order valence-corrected chi connectivity index (χ2v) is 9.03. The van der Waals surface area contributed by atoms with E-state index >= 15 is 0 Å². The summed E-state index contributed by atoms with van der Waals surface area (Å²) in [4.78, 5) is 18.4. The van der Waals surface area contributed by atoms with Crippen LogP contribution in [0.25, 0.3) is 5.78 Å². The predicted molar refractivity (Wildman–Crippen MR) is 130 cm³/mol. The van der Waals surface area contributed by atoms with Gasteiger partial charge in [0.1, 0.15) is 12.1 Å². The lowest BCUT2D eigenvalue weighted by atomic mass is 10.1. The summed E-state index contributed by atoms with van der Waals surface area (Å²) >= 11 is 0. The lowest BCUT2D eigenvalue weighted by Crippen LogP contribution is -2.40. The molecule has 17 heteroatoms. The molecule has 0 aliphatic carbocycles. The minimum absolute atomic E-state index is 0.0185. The van der Waals surface area contributed by atoms with E-state index in [-0.39, 0.29) is 23.6 Å². The molecule has 212 valence electrons. The van der Waals surface area contributed by atoms with Crippen LogP contribution in [0, 0.1) is 6.92 Å². The van der Waals surface area contributed by atoms with Gasteiger partial charge in [0.05, 0.1) is 5.56 Å². The SMILES string of the molecule is Cc1cc(N2CCC(Nc3nc(Nc4cccc(C(F)(F)F)c4)nc(OCC(F)(F)F)n3)CC2)n2cnnc2n1. The predicted octanol–water partition coefficient (Wildman–Crippen LogP) is 4.40. The molecule has 1 saturated heterocycles. The van der Waals surface area contributed by atoms with Gasteiger partial charge in [0.15, 0.2) is 6.61 Å². The Bertz CT molecular complexity index is 1480. The number of nitrogens with zero attached hydrogens (tertiary/aromatic N) is 8. The fraction of sp³-hybridized carbons (Fsp3) is 0.391. The van der Waals surface area contributed by atoms with Gasteiger partial charge in [-0.25, -0.2) is 4.98 Å². The number of hydrogen-bond acceptors (Lipinski definition) is 10. The first-order valence-corrected chi connectivity index (χ1v) is 12.0. The molecule has 2 N–H and O–H groups in total. The van der Waals surface area contributed by atoms with E-state index in [1.54, 1.807) is 10.7 Å². The van der Waals surface area contributed by atoms with E-state index in [1.165, 1.54) is 12.1 Å². The molecule has 40 heavy (non-hydrogen) atoms. The highest BCUT2D eigenvalue weighted by Gasteiger charge is 2.31. The largest absolute Gasteiger partial charge is 0.454 e. The standard InChI is InChI=1S/C23H22F6N10O/c1-13-9-17(39-12-30-37-20(39)31-13)38-7-5-15(6-8-38)32-18-34-19(36-21(35-18)40-11-22(24,25)26)33-16-4-2-3-14(10-16)23(27,28)29/h2-4,9-10,12,15H,5-8,11H2,1H3,(H2,32,33,34,35,36). The number of alkyl halides is 6. The third-order valence-electron chi connectivity index (χ3n) is 5.97. The van der Waals surface area contributed by atoms with Crippen molar-refractivity contribution in [2.45, 2.75) is 38.2 Å². The van der Waals surface area contributed by atoms with Crippen molar-refractivity contribution in [2.75, 3.05) is 35.2 Å². The second kappa shape index (κ2) is 10.6. The highest BCUT2D eigenvalue weighted by Crippen LogP contribution is 2.31. The van der Waals surface area contributed by atoms with E-state index in [4.69, 9.17) is 4.74 Å². The van der Waals surface area contributed by atoms with E-state index in [0.29, 0.717) is 31.7 Å². The zero-order valence-electron chi connectivity index (χ0n) is 20.8. The maximum atomic E-state index is 13.1. The molecule has 1 aromatic carbocycles. The summed E-state index contributed by atoms with van der Waals surface area (Å²) in [5.41, 5.74) is -0.151. The summed E-state index contributed by atoms with van der Waals surface area (Å²) in [7, 11) is 0. The van der Waals surface area contributed by atoms with Crippen molar-refractivity contribution >= 4 is 29.2 Å². The van der Waals surface area contributed by atoms with Crippen molar-refractivity contribution in [1.29, 1.82) is 0 Å². The molecule has 0 spiro atoms. The van der Waals surface area contributed by atoms with Gasteiger partial charge in [0, 0.05) is 36.6 Å². The number of ether oxygens (including phenoxy) is 1. The molecule has 4 aromatic rings. The Kier molecular flexibility index (Phi) is 7.20. The van der Waals surface area contributed by atoms with Crippen LogP contribution in [0.1, 0.15) is 24.1 Å². The first-order valence-electron chi connectivity index (χ1n) is 12.0. The number of piperidine rings is 1. The van der Waals surface area contributed by atoms with Crippen LogP contribution in [0.2, 0.25) is 0 Å². The van der Waals surface area contributed by atoms with Gasteiger partial charge < -0.3 is 20.3 Å². The normalized spacial score (nSPS) is 14.9. The van der Waals surface area contributed by atoms with E-state index in [9.17, 15) is 26.3 Å². The van der Waals surface area contributed by atoms with Crippen LogP contribution in [-0.4, -0.2) is 66.4 Å². The molecule has 4 heterocycles. The molecular weight excluding hydrogens is 546 g/mol. The summed E-state index contributed by atoms with van der Waals surface area (Å²) < 4.78 is 84.0. The average Bonchev–Trinajstić information content (AvgIpc) is 3.35. The molecule has 5 rings (SSSR count). The molecule has 0 saturated carbocycles. The van der Waals surface area contributed by atoms with Crippen LogP contribution in [0.3, 0.4) is 0 Å². The van der Waals surface area contributed by atoms with E-state index in [1.807, 2.05) is 13.0 Å². The highest BCUT2D eigenvalue weighted by molar-refractivity contribution is 5.56. The van der Waals surface area contributed by atoms with Gasteiger partial charge in [0.25, 0.3) is 5.78 Å². The average molecular weight is 568 g/mol. The molecule has 0 amide bonds. The fourth-order valence-corrected chi connectivity index (χ4v) is 4.18. The van der Waals surface area contributed by atoms with Crippen LogP contribution in [-0.2, 0) is 6.18 Å². The maximum absolute atomic E-state index is 13.1. The third kappa shape index (κ3) is 6.58. The first-order chi connectivity index (χ1) is 18.9. The Morgan fingerprint density at radius 2 is 1.73 bits per heavy atom. The van der Waals surface area contributed by atoms with E-state index in [2.05, 4.69) is 45.7 Å². The van der Waals surface area contributed by atoms with Crippen molar-refractivity contribution in [2.24, 2.45) is 0 Å². The minimum atomic E-state index is -4.65. The maximum Gasteiger partial charge on any atom is 0.422 e. The third-order valence-corrected chi connectivity index (χ3v) is 5.97. The Hall–Kier alpha value is -4.44. The number of aromatic nitrogens is 7. The Balaban J connectivity index is 1.32. The van der Waals surface area contributed by atoms with E-state index < -0.39 is 30.5 Å². The van der Waals surface area contributed by atoms with Crippen LogP contribution in [0.15, 0.2) is 36.7 Å². The molecule has 0 radical (unpaired) electrons. The molecule has 11 nitrogen and oxygen atoms in total. The number of hydrogen-bond donors (Lipinski definition) is 2. The molecule has 0 bridgehead atoms. The minimum Gasteiger partial charge on any atom is -0.454 e. The van der Waals surface area contributed by atoms with Gasteiger partial charge >= 0.3 is 18.4 Å². The quantitative estimate of drug-likeness (QED) is 0.311. The van der Waals surface area contributed by atoms with Crippen molar-refractivity contribution in [3.8, 4) is 6.01 Å². The monoisotopic (exact) mass is 568 g/mol. The summed E-state index contributed by atoms with van der Waals surface area (Å²) in [6.07, 6.45) is -6.43. The van der Waals surface area contributed by atoms with Crippen LogP contribution in [0.4, 0.5) is 49.7 Å². The Morgan fingerprint density at radius 1 is 0.975 bits per heavy atom. The zero-order chi connectivity index (χ0) is 28.5. The highest BCUT2D eigenvalue weighted by atomic mass is 19.4. The molecule has 1 fully saturated rings. The first kappa shape index (κ1) is 27.1. The van der Waals surface area contributed by atoms with Gasteiger partial charge in [-0.05, 0) is 38.0 Å². The molecule has 1 aliphatic heterocycles. The van der Waals surface area contributed by atoms with Crippen molar-refractivity contribution in [3.05, 3.63) is 47.9 Å². The fourth-order valence-electron chi connectivity index (χ4n) is 4.18. The van der Waals surface area contributed by atoms with Gasteiger partial charge in [-0.1, -0.05) is 6.07 Å². The molecule has 3 aromatic heterocycles. The number of fused-ring (bicyclic) bond motifs is 1. The molecule has 0 atom stereocenters. The Labute approximate surface area is 222 Å². The topological polar surface area (TPSA) is 118 Å². The van der Waals surface area contributed by atoms with Gasteiger partial charge in [-0.3, -0.25) is 4.40 Å². The van der Waals surface area contributed by atoms with Crippen LogP contribution in [0.5, 0.6) is 6.01 Å². The summed E-state index contributed by atoms with van der Waals surface area (Å²) in [6, 6.07) is 5.36. The van der Waals surface area contributed by atoms with Crippen LogP contribution < -0.4 is 20.3 Å². The lowest BCUT2D eigenvalue weighted by Gasteiger charge is -2.34. The van der Waals surface area contributed by atoms with E-state index in [0.717, 1.165) is 23.6 Å². The summed E-state index contributed by atoms with van der Waals surface area (Å²) in [6.45, 7) is 1.44. The summed E-state index contributed by atoms with van der Waals surface area (Å²) in [5, 5.41) is 13.6. The van der Waals surface area contributed by atoms with Gasteiger partial charge in [0.2, 0.25) is 11.9 Å².